The summed E-state index contributed by atoms with van der Waals surface area (Å²) in [6, 6.07) is 1.91. The highest BCUT2D eigenvalue weighted by Crippen LogP contribution is 2.03. The first-order valence-electron chi connectivity index (χ1n) is 7.72. The van der Waals surface area contributed by atoms with E-state index in [9.17, 15) is 0 Å². The third-order valence-corrected chi connectivity index (χ3v) is 2.46. The fourth-order valence-corrected chi connectivity index (χ4v) is 1.46. The van der Waals surface area contributed by atoms with E-state index in [0.29, 0.717) is 19.8 Å². The molecule has 22 heavy (non-hydrogen) atoms. The molecule has 0 aliphatic carbocycles. The van der Waals surface area contributed by atoms with E-state index in [0.717, 1.165) is 23.6 Å². The van der Waals surface area contributed by atoms with E-state index in [1.165, 1.54) is 5.57 Å². The molecule has 0 aliphatic heterocycles. The SMILES string of the molecule is C=C/C(=C\C=C(C)C)OCCOCCc1cc(C)on1.CC. The molecule has 0 N–H and O–H groups in total. The molecule has 0 amide bonds. The maximum absolute atomic E-state index is 5.54. The van der Waals surface area contributed by atoms with Crippen LogP contribution in [0, 0.1) is 6.92 Å². The second-order valence-corrected chi connectivity index (χ2v) is 4.66. The van der Waals surface area contributed by atoms with Gasteiger partial charge in [0.05, 0.1) is 18.9 Å². The fourth-order valence-electron chi connectivity index (χ4n) is 1.46. The van der Waals surface area contributed by atoms with Gasteiger partial charge in [-0.05, 0) is 32.9 Å². The Morgan fingerprint density at radius 3 is 2.50 bits per heavy atom. The molecule has 0 radical (unpaired) electrons. The van der Waals surface area contributed by atoms with Crippen LogP contribution in [-0.2, 0) is 15.9 Å². The lowest BCUT2D eigenvalue weighted by molar-refractivity contribution is 0.0800. The summed E-state index contributed by atoms with van der Waals surface area (Å²) in [7, 11) is 0. The molecule has 4 heteroatoms. The van der Waals surface area contributed by atoms with Gasteiger partial charge in [0, 0.05) is 12.5 Å². The Bertz CT molecular complexity index is 468. The van der Waals surface area contributed by atoms with Gasteiger partial charge in [-0.2, -0.15) is 0 Å². The molecule has 0 spiro atoms. The van der Waals surface area contributed by atoms with Crippen molar-refractivity contribution in [2.75, 3.05) is 19.8 Å². The van der Waals surface area contributed by atoms with Crippen LogP contribution in [0.3, 0.4) is 0 Å². The van der Waals surface area contributed by atoms with Crippen molar-refractivity contribution in [2.24, 2.45) is 0 Å². The average molecular weight is 307 g/mol. The van der Waals surface area contributed by atoms with E-state index in [4.69, 9.17) is 14.0 Å². The quantitative estimate of drug-likeness (QED) is 0.379. The Kier molecular flexibility index (Phi) is 11.8. The summed E-state index contributed by atoms with van der Waals surface area (Å²) >= 11 is 0. The van der Waals surface area contributed by atoms with Crippen LogP contribution in [0.5, 0.6) is 0 Å². The van der Waals surface area contributed by atoms with Crippen LogP contribution in [0.2, 0.25) is 0 Å². The molecule has 0 fully saturated rings. The van der Waals surface area contributed by atoms with Gasteiger partial charge in [0.25, 0.3) is 0 Å². The van der Waals surface area contributed by atoms with Crippen LogP contribution in [0.1, 0.15) is 39.1 Å². The standard InChI is InChI=1S/C16H23NO3.C2H6/c1-5-16(7-6-13(2)3)19-11-10-18-9-8-15-12-14(4)20-17-15;1-2/h5-7,12H,1,8-11H2,2-4H3;1-2H3/b16-7+;. The average Bonchev–Trinajstić information content (AvgIpc) is 2.93. The predicted octanol–water partition coefficient (Wildman–Crippen LogP) is 4.62. The summed E-state index contributed by atoms with van der Waals surface area (Å²) in [4.78, 5) is 0. The molecular weight excluding hydrogens is 278 g/mol. The highest BCUT2D eigenvalue weighted by Gasteiger charge is 2.00. The third kappa shape index (κ3) is 10.00. The minimum Gasteiger partial charge on any atom is -0.491 e. The van der Waals surface area contributed by atoms with E-state index in [2.05, 4.69) is 11.7 Å². The third-order valence-electron chi connectivity index (χ3n) is 2.46. The summed E-state index contributed by atoms with van der Waals surface area (Å²) in [6.07, 6.45) is 6.34. The Morgan fingerprint density at radius 2 is 1.95 bits per heavy atom. The van der Waals surface area contributed by atoms with E-state index in [1.807, 2.05) is 52.8 Å². The highest BCUT2D eigenvalue weighted by molar-refractivity contribution is 5.18. The zero-order valence-electron chi connectivity index (χ0n) is 14.5. The van der Waals surface area contributed by atoms with Crippen molar-refractivity contribution in [1.82, 2.24) is 5.16 Å². The van der Waals surface area contributed by atoms with Gasteiger partial charge in [0.2, 0.25) is 0 Å². The second kappa shape index (κ2) is 12.9. The van der Waals surface area contributed by atoms with Crippen LogP contribution in [0.25, 0.3) is 0 Å². The maximum atomic E-state index is 5.54. The molecule has 1 aromatic heterocycles. The van der Waals surface area contributed by atoms with Gasteiger partial charge in [0.1, 0.15) is 18.1 Å². The lowest BCUT2D eigenvalue weighted by Crippen LogP contribution is -2.06. The zero-order chi connectivity index (χ0) is 16.8. The van der Waals surface area contributed by atoms with Gasteiger partial charge < -0.3 is 14.0 Å². The van der Waals surface area contributed by atoms with E-state index >= 15 is 0 Å². The first-order chi connectivity index (χ1) is 10.6. The van der Waals surface area contributed by atoms with Crippen molar-refractivity contribution in [1.29, 1.82) is 0 Å². The molecule has 124 valence electrons. The molecule has 4 nitrogen and oxygen atoms in total. The first-order valence-corrected chi connectivity index (χ1v) is 7.72. The number of ether oxygens (including phenoxy) is 2. The number of aromatic nitrogens is 1. The molecule has 0 unspecified atom stereocenters. The summed E-state index contributed by atoms with van der Waals surface area (Å²) < 4.78 is 16.0. The molecule has 0 saturated carbocycles. The van der Waals surface area contributed by atoms with Gasteiger partial charge in [-0.1, -0.05) is 37.2 Å². The minimum absolute atomic E-state index is 0.506. The number of rotatable bonds is 9. The topological polar surface area (TPSA) is 44.5 Å². The molecule has 0 bridgehead atoms. The lowest BCUT2D eigenvalue weighted by atomic mass is 10.3. The fraction of sp³-hybridized carbons (Fsp3) is 0.500. The minimum atomic E-state index is 0.506. The molecule has 1 aromatic rings. The monoisotopic (exact) mass is 307 g/mol. The smallest absolute Gasteiger partial charge is 0.133 e. The van der Waals surface area contributed by atoms with Gasteiger partial charge >= 0.3 is 0 Å². The van der Waals surface area contributed by atoms with Gasteiger partial charge in [-0.15, -0.1) is 0 Å². The van der Waals surface area contributed by atoms with Crippen LogP contribution < -0.4 is 0 Å². The predicted molar refractivity (Wildman–Crippen MR) is 90.8 cm³/mol. The van der Waals surface area contributed by atoms with Crippen molar-refractivity contribution in [3.05, 3.63) is 53.7 Å². The van der Waals surface area contributed by atoms with Crippen LogP contribution >= 0.6 is 0 Å². The number of hydrogen-bond donors (Lipinski definition) is 0. The first kappa shape index (κ1) is 20.2. The lowest BCUT2D eigenvalue weighted by Gasteiger charge is -2.06. The Balaban J connectivity index is 0.00000211. The van der Waals surface area contributed by atoms with E-state index < -0.39 is 0 Å². The summed E-state index contributed by atoms with van der Waals surface area (Å²) in [5.41, 5.74) is 2.13. The second-order valence-electron chi connectivity index (χ2n) is 4.66. The van der Waals surface area contributed by atoms with Crippen molar-refractivity contribution in [3.8, 4) is 0 Å². The maximum Gasteiger partial charge on any atom is 0.133 e. The summed E-state index contributed by atoms with van der Waals surface area (Å²) in [5.74, 6) is 1.57. The Labute approximate surface area is 134 Å². The van der Waals surface area contributed by atoms with Crippen LogP contribution in [0.15, 0.2) is 46.7 Å². The largest absolute Gasteiger partial charge is 0.491 e. The van der Waals surface area contributed by atoms with Crippen molar-refractivity contribution in [3.63, 3.8) is 0 Å². The molecule has 0 atom stereocenters. The van der Waals surface area contributed by atoms with Crippen LogP contribution in [-0.4, -0.2) is 25.0 Å². The molecular formula is C18H29NO3. The summed E-state index contributed by atoms with van der Waals surface area (Å²) in [5, 5.41) is 3.90. The molecule has 0 saturated heterocycles. The molecule has 1 heterocycles. The normalized spacial score (nSPS) is 10.5. The Hall–Kier alpha value is -1.81. The molecule has 1 rings (SSSR count). The molecule has 0 aromatic carbocycles. The van der Waals surface area contributed by atoms with Gasteiger partial charge in [-0.3, -0.25) is 0 Å². The number of allylic oxidation sites excluding steroid dienone is 4. The van der Waals surface area contributed by atoms with E-state index in [1.54, 1.807) is 6.08 Å². The van der Waals surface area contributed by atoms with Crippen LogP contribution in [0.4, 0.5) is 0 Å². The zero-order valence-corrected chi connectivity index (χ0v) is 14.5. The Morgan fingerprint density at radius 1 is 1.23 bits per heavy atom. The van der Waals surface area contributed by atoms with Gasteiger partial charge in [-0.25, -0.2) is 0 Å². The van der Waals surface area contributed by atoms with Crippen molar-refractivity contribution < 1.29 is 14.0 Å². The van der Waals surface area contributed by atoms with E-state index in [-0.39, 0.29) is 0 Å². The number of aryl methyl sites for hydroxylation is 1. The number of hydrogen-bond acceptors (Lipinski definition) is 4. The number of nitrogens with zero attached hydrogens (tertiary/aromatic N) is 1. The summed E-state index contributed by atoms with van der Waals surface area (Å²) in [6.45, 7) is 15.3. The molecule has 0 aliphatic rings. The highest BCUT2D eigenvalue weighted by atomic mass is 16.5. The van der Waals surface area contributed by atoms with Crippen molar-refractivity contribution in [2.45, 2.75) is 41.0 Å². The van der Waals surface area contributed by atoms with Crippen molar-refractivity contribution >= 4 is 0 Å². The van der Waals surface area contributed by atoms with Gasteiger partial charge in [0.15, 0.2) is 0 Å².